The Morgan fingerprint density at radius 1 is 1.12 bits per heavy atom. The highest BCUT2D eigenvalue weighted by Gasteiger charge is 2.32. The van der Waals surface area contributed by atoms with Gasteiger partial charge in [-0.3, -0.25) is 10.1 Å². The van der Waals surface area contributed by atoms with Crippen molar-refractivity contribution in [2.24, 2.45) is 0 Å². The molecule has 33 heavy (non-hydrogen) atoms. The fraction of sp³-hybridized carbons (Fsp3) is 0.350. The fourth-order valence-corrected chi connectivity index (χ4v) is 6.91. The predicted octanol–water partition coefficient (Wildman–Crippen LogP) is 4.64. The number of sulfonamides is 1. The Bertz CT molecular complexity index is 1170. The summed E-state index contributed by atoms with van der Waals surface area (Å²) in [6, 6.07) is 8.81. The van der Waals surface area contributed by atoms with Crippen molar-refractivity contribution >= 4 is 68.0 Å². The molecule has 0 amide bonds. The van der Waals surface area contributed by atoms with E-state index < -0.39 is 14.9 Å². The lowest BCUT2D eigenvalue weighted by Crippen LogP contribution is -2.53. The SMILES string of the molecule is CC(C)NC(=S)N1CCN(S(=O)(=O)c2cc([N+](=O)[O-])ccc2Sc2cc(Cl)ccc2Cl)CC1. The first-order valence-electron chi connectivity index (χ1n) is 9.96. The minimum atomic E-state index is -4.02. The summed E-state index contributed by atoms with van der Waals surface area (Å²) in [5.41, 5.74) is -0.309. The van der Waals surface area contributed by atoms with E-state index in [9.17, 15) is 18.5 Å². The number of non-ortho nitro benzene ring substituents is 1. The van der Waals surface area contributed by atoms with Gasteiger partial charge in [0.1, 0.15) is 4.90 Å². The van der Waals surface area contributed by atoms with Crippen LogP contribution in [-0.4, -0.2) is 59.9 Å². The third-order valence-corrected chi connectivity index (χ3v) is 9.06. The fourth-order valence-electron chi connectivity index (χ4n) is 3.18. The van der Waals surface area contributed by atoms with Gasteiger partial charge in [-0.25, -0.2) is 8.42 Å². The number of hydrogen-bond donors (Lipinski definition) is 1. The van der Waals surface area contributed by atoms with Crippen molar-refractivity contribution in [2.45, 2.75) is 34.6 Å². The van der Waals surface area contributed by atoms with Crippen LogP contribution < -0.4 is 5.32 Å². The van der Waals surface area contributed by atoms with Gasteiger partial charge in [-0.05, 0) is 50.3 Å². The van der Waals surface area contributed by atoms with Crippen LogP contribution in [0.1, 0.15) is 13.8 Å². The minimum Gasteiger partial charge on any atom is -0.360 e. The van der Waals surface area contributed by atoms with Gasteiger partial charge >= 0.3 is 0 Å². The van der Waals surface area contributed by atoms with Crippen molar-refractivity contribution < 1.29 is 13.3 Å². The van der Waals surface area contributed by atoms with Crippen LogP contribution in [0.4, 0.5) is 5.69 Å². The predicted molar refractivity (Wildman–Crippen MR) is 135 cm³/mol. The van der Waals surface area contributed by atoms with Gasteiger partial charge in [-0.1, -0.05) is 35.0 Å². The van der Waals surface area contributed by atoms with E-state index in [0.29, 0.717) is 38.0 Å². The molecule has 0 aliphatic carbocycles. The number of rotatable bonds is 6. The lowest BCUT2D eigenvalue weighted by Gasteiger charge is -2.36. The molecule has 2 aromatic rings. The molecule has 13 heteroatoms. The van der Waals surface area contributed by atoms with E-state index in [1.54, 1.807) is 18.2 Å². The number of nitrogens with one attached hydrogen (secondary N) is 1. The van der Waals surface area contributed by atoms with Crippen LogP contribution in [0, 0.1) is 10.1 Å². The Morgan fingerprint density at radius 3 is 2.39 bits per heavy atom. The number of hydrogen-bond acceptors (Lipinski definition) is 6. The van der Waals surface area contributed by atoms with Crippen LogP contribution in [0.3, 0.4) is 0 Å². The highest BCUT2D eigenvalue weighted by Crippen LogP contribution is 2.40. The molecule has 0 bridgehead atoms. The van der Waals surface area contributed by atoms with E-state index in [1.807, 2.05) is 18.7 Å². The van der Waals surface area contributed by atoms with Crippen molar-refractivity contribution in [1.29, 1.82) is 0 Å². The zero-order valence-corrected chi connectivity index (χ0v) is 21.8. The first-order valence-corrected chi connectivity index (χ1v) is 13.4. The summed E-state index contributed by atoms with van der Waals surface area (Å²) in [5.74, 6) is 0. The van der Waals surface area contributed by atoms with Crippen molar-refractivity contribution in [3.8, 4) is 0 Å². The molecule has 2 aromatic carbocycles. The zero-order valence-electron chi connectivity index (χ0n) is 17.8. The van der Waals surface area contributed by atoms with Crippen LogP contribution >= 0.6 is 47.2 Å². The van der Waals surface area contributed by atoms with E-state index in [2.05, 4.69) is 5.32 Å². The highest BCUT2D eigenvalue weighted by molar-refractivity contribution is 8.00. The van der Waals surface area contributed by atoms with E-state index in [1.165, 1.54) is 16.4 Å². The second-order valence-corrected chi connectivity index (χ2v) is 11.8. The van der Waals surface area contributed by atoms with Crippen LogP contribution in [0.5, 0.6) is 0 Å². The Balaban J connectivity index is 1.91. The second kappa shape index (κ2) is 10.7. The van der Waals surface area contributed by atoms with Gasteiger partial charge in [0.2, 0.25) is 10.0 Å². The third-order valence-electron chi connectivity index (χ3n) is 4.81. The monoisotopic (exact) mass is 548 g/mol. The maximum Gasteiger partial charge on any atom is 0.270 e. The van der Waals surface area contributed by atoms with E-state index in [-0.39, 0.29) is 29.7 Å². The van der Waals surface area contributed by atoms with Gasteiger partial charge in [0.25, 0.3) is 5.69 Å². The molecular formula is C20H22Cl2N4O4S3. The highest BCUT2D eigenvalue weighted by atomic mass is 35.5. The maximum atomic E-state index is 13.5. The standard InChI is InChI=1S/C20H22Cl2N4O4S3/c1-13(2)23-20(31)24-7-9-25(10-8-24)33(29,30)19-12-15(26(27)28)4-6-17(19)32-18-11-14(21)3-5-16(18)22/h3-6,11-13H,7-10H2,1-2H3,(H,23,31). The van der Waals surface area contributed by atoms with Gasteiger partial charge in [-0.2, -0.15) is 4.31 Å². The van der Waals surface area contributed by atoms with Crippen LogP contribution in [0.2, 0.25) is 10.0 Å². The average molecular weight is 550 g/mol. The van der Waals surface area contributed by atoms with E-state index in [4.69, 9.17) is 35.4 Å². The van der Waals surface area contributed by atoms with Gasteiger partial charge < -0.3 is 10.2 Å². The molecule has 1 fully saturated rings. The van der Waals surface area contributed by atoms with Gasteiger partial charge in [0.15, 0.2) is 5.11 Å². The topological polar surface area (TPSA) is 95.8 Å². The first-order chi connectivity index (χ1) is 15.5. The third kappa shape index (κ3) is 6.28. The molecule has 1 aliphatic heterocycles. The Kier molecular flexibility index (Phi) is 8.46. The number of benzene rings is 2. The Morgan fingerprint density at radius 2 is 1.79 bits per heavy atom. The molecule has 0 saturated carbocycles. The summed E-state index contributed by atoms with van der Waals surface area (Å²) in [7, 11) is -4.02. The minimum absolute atomic E-state index is 0.144. The molecule has 1 heterocycles. The molecule has 0 radical (unpaired) electrons. The van der Waals surface area contributed by atoms with Crippen LogP contribution in [-0.2, 0) is 10.0 Å². The molecule has 3 rings (SSSR count). The Labute approximate surface area is 212 Å². The summed E-state index contributed by atoms with van der Waals surface area (Å²) in [4.78, 5) is 13.4. The molecule has 1 saturated heterocycles. The summed E-state index contributed by atoms with van der Waals surface area (Å²) in [6.07, 6.45) is 0. The average Bonchev–Trinajstić information content (AvgIpc) is 2.76. The summed E-state index contributed by atoms with van der Waals surface area (Å²) in [6.45, 7) is 5.17. The van der Waals surface area contributed by atoms with Gasteiger partial charge in [-0.15, -0.1) is 0 Å². The summed E-state index contributed by atoms with van der Waals surface area (Å²) < 4.78 is 28.4. The quantitative estimate of drug-likeness (QED) is 0.316. The number of halogens is 2. The van der Waals surface area contributed by atoms with Crippen molar-refractivity contribution in [3.63, 3.8) is 0 Å². The molecule has 0 spiro atoms. The smallest absolute Gasteiger partial charge is 0.270 e. The molecule has 1 aliphatic rings. The van der Waals surface area contributed by atoms with Crippen molar-refractivity contribution in [3.05, 3.63) is 56.6 Å². The molecule has 8 nitrogen and oxygen atoms in total. The maximum absolute atomic E-state index is 13.5. The number of thiocarbonyl (C=S) groups is 1. The molecular weight excluding hydrogens is 527 g/mol. The summed E-state index contributed by atoms with van der Waals surface area (Å²) in [5, 5.41) is 15.9. The molecule has 178 valence electrons. The molecule has 1 N–H and O–H groups in total. The lowest BCUT2D eigenvalue weighted by molar-refractivity contribution is -0.385. The first kappa shape index (κ1) is 26.0. The van der Waals surface area contributed by atoms with E-state index >= 15 is 0 Å². The Hall–Kier alpha value is -1.63. The normalized spacial score (nSPS) is 15.0. The van der Waals surface area contributed by atoms with Crippen molar-refractivity contribution in [2.75, 3.05) is 26.2 Å². The number of nitro benzene ring substituents is 1. The van der Waals surface area contributed by atoms with Crippen LogP contribution in [0.15, 0.2) is 51.1 Å². The lowest BCUT2D eigenvalue weighted by atomic mass is 10.3. The second-order valence-electron chi connectivity index (χ2n) is 7.56. The number of piperazine rings is 1. The van der Waals surface area contributed by atoms with Gasteiger partial charge in [0.05, 0.1) is 9.95 Å². The van der Waals surface area contributed by atoms with Gasteiger partial charge in [0, 0.05) is 59.2 Å². The molecule has 0 unspecified atom stereocenters. The molecule has 0 atom stereocenters. The zero-order chi connectivity index (χ0) is 24.3. The van der Waals surface area contributed by atoms with E-state index in [0.717, 1.165) is 17.8 Å². The number of nitrogens with zero attached hydrogens (tertiary/aromatic N) is 3. The molecule has 0 aromatic heterocycles. The largest absolute Gasteiger partial charge is 0.360 e. The summed E-state index contributed by atoms with van der Waals surface area (Å²) >= 11 is 18.8. The number of nitro groups is 1. The van der Waals surface area contributed by atoms with Crippen molar-refractivity contribution in [1.82, 2.24) is 14.5 Å². The van der Waals surface area contributed by atoms with Crippen LogP contribution in [0.25, 0.3) is 0 Å².